The molecular formula is C28H29N3O4S2. The summed E-state index contributed by atoms with van der Waals surface area (Å²) in [4.78, 5) is 18.3. The molecule has 0 bridgehead atoms. The fraction of sp³-hybridized carbons (Fsp3) is 0.286. The van der Waals surface area contributed by atoms with Crippen LogP contribution in [0.3, 0.4) is 0 Å². The molecule has 37 heavy (non-hydrogen) atoms. The zero-order chi connectivity index (χ0) is 26.2. The number of anilines is 1. The number of carbonyl (C=O) groups excluding carboxylic acids is 1. The quantitative estimate of drug-likeness (QED) is 0.317. The minimum Gasteiger partial charge on any atom is -0.380 e. The minimum atomic E-state index is -3.72. The van der Waals surface area contributed by atoms with Crippen molar-refractivity contribution in [1.82, 2.24) is 4.57 Å². The van der Waals surface area contributed by atoms with E-state index in [0.29, 0.717) is 48.8 Å². The average Bonchev–Trinajstić information content (AvgIpc) is 3.46. The fourth-order valence-electron chi connectivity index (χ4n) is 4.53. The third-order valence-corrected chi connectivity index (χ3v) is 9.56. The monoisotopic (exact) mass is 535 g/mol. The Bertz CT molecular complexity index is 1650. The van der Waals surface area contributed by atoms with Gasteiger partial charge in [0.1, 0.15) is 0 Å². The van der Waals surface area contributed by atoms with Gasteiger partial charge in [-0.05, 0) is 86.3 Å². The molecule has 4 aromatic rings. The van der Waals surface area contributed by atoms with Gasteiger partial charge in [0.15, 0.2) is 4.80 Å². The molecule has 5 rings (SSSR count). The van der Waals surface area contributed by atoms with Crippen LogP contribution in [0.1, 0.15) is 34.0 Å². The van der Waals surface area contributed by atoms with E-state index in [1.54, 1.807) is 0 Å². The number of sulfonamides is 1. The maximum Gasteiger partial charge on any atom is 0.279 e. The van der Waals surface area contributed by atoms with E-state index < -0.39 is 15.9 Å². The molecule has 2 heterocycles. The summed E-state index contributed by atoms with van der Waals surface area (Å²) in [6.07, 6.45) is 0.683. The van der Waals surface area contributed by atoms with Crippen LogP contribution in [0.5, 0.6) is 0 Å². The van der Waals surface area contributed by atoms with Gasteiger partial charge in [0, 0.05) is 25.3 Å². The molecule has 0 atom stereocenters. The lowest BCUT2D eigenvalue weighted by atomic mass is 10.1. The Labute approximate surface area is 220 Å². The highest BCUT2D eigenvalue weighted by atomic mass is 32.2. The number of aromatic nitrogens is 1. The summed E-state index contributed by atoms with van der Waals surface area (Å²) in [5.41, 5.74) is 5.44. The summed E-state index contributed by atoms with van der Waals surface area (Å²) in [5, 5.41) is 0. The molecule has 0 saturated heterocycles. The second-order valence-corrected chi connectivity index (χ2v) is 11.9. The van der Waals surface area contributed by atoms with Crippen LogP contribution in [0.4, 0.5) is 5.69 Å². The summed E-state index contributed by atoms with van der Waals surface area (Å²) in [6.45, 7) is 8.20. The van der Waals surface area contributed by atoms with Gasteiger partial charge in [-0.15, -0.1) is 0 Å². The van der Waals surface area contributed by atoms with E-state index in [9.17, 15) is 13.2 Å². The van der Waals surface area contributed by atoms with Gasteiger partial charge in [-0.2, -0.15) is 4.99 Å². The number of carbonyl (C=O) groups is 1. The van der Waals surface area contributed by atoms with Crippen molar-refractivity contribution in [3.8, 4) is 0 Å². The van der Waals surface area contributed by atoms with E-state index in [-0.39, 0.29) is 4.90 Å². The van der Waals surface area contributed by atoms with E-state index in [2.05, 4.69) is 31.0 Å². The highest BCUT2D eigenvalue weighted by Crippen LogP contribution is 2.32. The summed E-state index contributed by atoms with van der Waals surface area (Å²) in [5.74, 6) is -0.416. The zero-order valence-electron chi connectivity index (χ0n) is 21.1. The Kier molecular flexibility index (Phi) is 7.02. The number of benzene rings is 3. The first-order valence-corrected chi connectivity index (χ1v) is 14.5. The number of para-hydroxylation sites is 1. The third kappa shape index (κ3) is 4.86. The summed E-state index contributed by atoms with van der Waals surface area (Å²) in [6, 6.07) is 17.8. The van der Waals surface area contributed by atoms with Crippen LogP contribution in [0.15, 0.2) is 70.6 Å². The van der Waals surface area contributed by atoms with Crippen molar-refractivity contribution in [2.45, 2.75) is 38.6 Å². The number of rotatable bonds is 7. The van der Waals surface area contributed by atoms with Crippen LogP contribution >= 0.6 is 11.3 Å². The van der Waals surface area contributed by atoms with Crippen LogP contribution in [-0.4, -0.2) is 38.7 Å². The van der Waals surface area contributed by atoms with E-state index in [1.807, 2.05) is 35.8 Å². The van der Waals surface area contributed by atoms with Crippen molar-refractivity contribution in [2.75, 3.05) is 24.1 Å². The first-order chi connectivity index (χ1) is 17.8. The minimum absolute atomic E-state index is 0.153. The standard InChI is InChI=1S/C28H29N3O4S2/c1-4-35-16-15-30-25-17-19(2)20(3)18-26(25)36-28(30)29-27(32)22-9-11-23(12-10-22)37(33,34)31-14-13-21-7-5-6-8-24(21)31/h5-12,17-18H,4,13-16H2,1-3H3. The molecule has 3 aromatic carbocycles. The molecule has 1 aliphatic rings. The van der Waals surface area contributed by atoms with E-state index in [1.165, 1.54) is 51.0 Å². The first kappa shape index (κ1) is 25.4. The number of ether oxygens (including phenoxy) is 1. The predicted octanol–water partition coefficient (Wildman–Crippen LogP) is 4.85. The Morgan fingerprint density at radius 1 is 1.05 bits per heavy atom. The van der Waals surface area contributed by atoms with Crippen molar-refractivity contribution >= 4 is 43.2 Å². The maximum atomic E-state index is 13.3. The maximum absolute atomic E-state index is 13.3. The first-order valence-electron chi connectivity index (χ1n) is 12.3. The lowest BCUT2D eigenvalue weighted by molar-refractivity contribution is 0.0996. The van der Waals surface area contributed by atoms with Crippen molar-refractivity contribution in [3.05, 3.63) is 87.7 Å². The van der Waals surface area contributed by atoms with Crippen LogP contribution in [0, 0.1) is 13.8 Å². The molecule has 0 radical (unpaired) electrons. The Balaban J connectivity index is 1.46. The molecule has 0 saturated carbocycles. The molecule has 0 N–H and O–H groups in total. The van der Waals surface area contributed by atoms with E-state index >= 15 is 0 Å². The second kappa shape index (κ2) is 10.2. The highest BCUT2D eigenvalue weighted by Gasteiger charge is 2.30. The fourth-order valence-corrected chi connectivity index (χ4v) is 7.17. The smallest absolute Gasteiger partial charge is 0.279 e. The molecule has 7 nitrogen and oxygen atoms in total. The molecule has 0 aliphatic carbocycles. The number of fused-ring (bicyclic) bond motifs is 2. The molecule has 0 spiro atoms. The van der Waals surface area contributed by atoms with Crippen LogP contribution in [-0.2, 0) is 27.7 Å². The number of aryl methyl sites for hydroxylation is 2. The molecule has 1 aliphatic heterocycles. The number of hydrogen-bond acceptors (Lipinski definition) is 5. The van der Waals surface area contributed by atoms with E-state index in [0.717, 1.165) is 15.8 Å². The van der Waals surface area contributed by atoms with Gasteiger partial charge in [-0.1, -0.05) is 29.5 Å². The van der Waals surface area contributed by atoms with Crippen LogP contribution < -0.4 is 9.11 Å². The molecule has 1 aromatic heterocycles. The molecule has 1 amide bonds. The summed E-state index contributed by atoms with van der Waals surface area (Å²) < 4.78 is 36.7. The van der Waals surface area contributed by atoms with Crippen molar-refractivity contribution in [3.63, 3.8) is 0 Å². The van der Waals surface area contributed by atoms with Gasteiger partial charge in [0.25, 0.3) is 15.9 Å². The number of hydrogen-bond donors (Lipinski definition) is 0. The Morgan fingerprint density at radius 2 is 1.78 bits per heavy atom. The predicted molar refractivity (Wildman–Crippen MR) is 147 cm³/mol. The van der Waals surface area contributed by atoms with Crippen molar-refractivity contribution < 1.29 is 17.9 Å². The normalized spacial score (nSPS) is 13.9. The lowest BCUT2D eigenvalue weighted by Gasteiger charge is -2.19. The lowest BCUT2D eigenvalue weighted by Crippen LogP contribution is -2.29. The average molecular weight is 536 g/mol. The Hall–Kier alpha value is -3.27. The molecule has 9 heteroatoms. The van der Waals surface area contributed by atoms with Crippen molar-refractivity contribution in [1.29, 1.82) is 0 Å². The largest absolute Gasteiger partial charge is 0.380 e. The van der Waals surface area contributed by atoms with Gasteiger partial charge >= 0.3 is 0 Å². The van der Waals surface area contributed by atoms with Crippen LogP contribution in [0.25, 0.3) is 10.2 Å². The van der Waals surface area contributed by atoms with Gasteiger partial charge in [-0.3, -0.25) is 9.10 Å². The molecular weight excluding hydrogens is 506 g/mol. The number of amides is 1. The van der Waals surface area contributed by atoms with Gasteiger partial charge < -0.3 is 9.30 Å². The summed E-state index contributed by atoms with van der Waals surface area (Å²) in [7, 11) is -3.72. The third-order valence-electron chi connectivity index (χ3n) is 6.69. The van der Waals surface area contributed by atoms with E-state index in [4.69, 9.17) is 4.74 Å². The molecule has 0 unspecified atom stereocenters. The van der Waals surface area contributed by atoms with Crippen LogP contribution in [0.2, 0.25) is 0 Å². The van der Waals surface area contributed by atoms with Gasteiger partial charge in [0.2, 0.25) is 0 Å². The number of thiazole rings is 1. The van der Waals surface area contributed by atoms with Gasteiger partial charge in [0.05, 0.1) is 27.4 Å². The summed E-state index contributed by atoms with van der Waals surface area (Å²) >= 11 is 1.46. The highest BCUT2D eigenvalue weighted by molar-refractivity contribution is 7.92. The van der Waals surface area contributed by atoms with Crippen molar-refractivity contribution in [2.24, 2.45) is 4.99 Å². The number of nitrogens with zero attached hydrogens (tertiary/aromatic N) is 3. The second-order valence-electron chi connectivity index (χ2n) is 9.03. The SMILES string of the molecule is CCOCCn1c(=NC(=O)c2ccc(S(=O)(=O)N3CCc4ccccc43)cc2)sc2cc(C)c(C)cc21. The van der Waals surface area contributed by atoms with Gasteiger partial charge in [-0.25, -0.2) is 8.42 Å². The Morgan fingerprint density at radius 3 is 2.54 bits per heavy atom. The zero-order valence-corrected chi connectivity index (χ0v) is 22.7. The molecule has 0 fully saturated rings. The molecule has 192 valence electrons. The topological polar surface area (TPSA) is 81.0 Å².